The van der Waals surface area contributed by atoms with Crippen LogP contribution in [0.4, 0.5) is 0 Å². The molecule has 0 radical (unpaired) electrons. The summed E-state index contributed by atoms with van der Waals surface area (Å²) in [5, 5.41) is 7.77. The van der Waals surface area contributed by atoms with Crippen molar-refractivity contribution >= 4 is 5.91 Å². The van der Waals surface area contributed by atoms with Crippen molar-refractivity contribution in [3.63, 3.8) is 0 Å². The Morgan fingerprint density at radius 1 is 1.36 bits per heavy atom. The fraction of sp³-hybridized carbons (Fsp3) is 0.500. The molecule has 0 aliphatic carbocycles. The van der Waals surface area contributed by atoms with Crippen LogP contribution >= 0.6 is 0 Å². The number of nitrogens with zero attached hydrogens (tertiary/aromatic N) is 2. The Kier molecular flexibility index (Phi) is 5.11. The van der Waals surface area contributed by atoms with E-state index in [1.165, 1.54) is 0 Å². The molecule has 1 aromatic carbocycles. The fourth-order valence-electron chi connectivity index (χ4n) is 3.41. The average molecular weight is 341 g/mol. The lowest BCUT2D eigenvalue weighted by Gasteiger charge is -2.26. The minimum absolute atomic E-state index is 0.0174. The molecule has 134 valence electrons. The van der Waals surface area contributed by atoms with Gasteiger partial charge in [-0.05, 0) is 25.8 Å². The van der Waals surface area contributed by atoms with Crippen molar-refractivity contribution in [3.8, 4) is 5.75 Å². The molecule has 0 saturated heterocycles. The molecule has 1 unspecified atom stereocenters. The summed E-state index contributed by atoms with van der Waals surface area (Å²) in [6.07, 6.45) is 1.17. The molecule has 25 heavy (non-hydrogen) atoms. The van der Waals surface area contributed by atoms with Crippen molar-refractivity contribution in [2.45, 2.75) is 53.1 Å². The first kappa shape index (κ1) is 17.5. The van der Waals surface area contributed by atoms with Gasteiger partial charge in [0.25, 0.3) is 0 Å². The van der Waals surface area contributed by atoms with Gasteiger partial charge in [-0.25, -0.2) is 0 Å². The van der Waals surface area contributed by atoms with Crippen LogP contribution in [0.25, 0.3) is 0 Å². The highest BCUT2D eigenvalue weighted by molar-refractivity contribution is 5.79. The lowest BCUT2D eigenvalue weighted by molar-refractivity contribution is -0.121. The summed E-state index contributed by atoms with van der Waals surface area (Å²) in [6, 6.07) is 7.94. The van der Waals surface area contributed by atoms with Gasteiger partial charge in [-0.1, -0.05) is 32.0 Å². The minimum Gasteiger partial charge on any atom is -0.493 e. The molecule has 0 saturated carbocycles. The number of carbonyl (C=O) groups is 1. The molecule has 2 heterocycles. The van der Waals surface area contributed by atoms with Crippen LogP contribution in [0.2, 0.25) is 0 Å². The number of benzene rings is 1. The van der Waals surface area contributed by atoms with E-state index in [-0.39, 0.29) is 11.9 Å². The van der Waals surface area contributed by atoms with Gasteiger partial charge in [-0.3, -0.25) is 9.48 Å². The Bertz CT molecular complexity index is 764. The highest BCUT2D eigenvalue weighted by atomic mass is 16.5. The number of amides is 1. The molecule has 0 spiro atoms. The number of rotatable bonds is 5. The number of nitrogens with one attached hydrogen (secondary N) is 1. The highest BCUT2D eigenvalue weighted by Gasteiger charge is 2.23. The van der Waals surface area contributed by atoms with Crippen LogP contribution in [-0.2, 0) is 17.8 Å². The lowest BCUT2D eigenvalue weighted by atomic mass is 10.00. The number of hydrogen-bond donors (Lipinski definition) is 1. The number of ether oxygens (including phenoxy) is 1. The summed E-state index contributed by atoms with van der Waals surface area (Å²) in [7, 11) is 0. The molecule has 1 amide bonds. The third-order valence-corrected chi connectivity index (χ3v) is 4.70. The van der Waals surface area contributed by atoms with Crippen molar-refractivity contribution in [3.05, 3.63) is 46.8 Å². The molecule has 1 aliphatic rings. The topological polar surface area (TPSA) is 56.2 Å². The first-order valence-corrected chi connectivity index (χ1v) is 8.99. The van der Waals surface area contributed by atoms with Crippen molar-refractivity contribution in [1.29, 1.82) is 0 Å². The van der Waals surface area contributed by atoms with Gasteiger partial charge in [0.2, 0.25) is 5.91 Å². The molecule has 1 aromatic heterocycles. The second-order valence-corrected chi connectivity index (χ2v) is 7.20. The molecule has 0 fully saturated rings. The molecular formula is C20H27N3O2. The normalized spacial score (nSPS) is 16.4. The number of para-hydroxylation sites is 1. The molecule has 1 atom stereocenters. The van der Waals surface area contributed by atoms with Gasteiger partial charge in [-0.2, -0.15) is 5.10 Å². The van der Waals surface area contributed by atoms with Crippen LogP contribution in [0.3, 0.4) is 0 Å². The largest absolute Gasteiger partial charge is 0.493 e. The number of aromatic nitrogens is 2. The lowest BCUT2D eigenvalue weighted by Crippen LogP contribution is -2.33. The highest BCUT2D eigenvalue weighted by Crippen LogP contribution is 2.31. The van der Waals surface area contributed by atoms with Gasteiger partial charge < -0.3 is 10.1 Å². The zero-order valence-electron chi connectivity index (χ0n) is 15.5. The predicted octanol–water partition coefficient (Wildman–Crippen LogP) is 3.34. The van der Waals surface area contributed by atoms with E-state index in [9.17, 15) is 4.79 Å². The summed E-state index contributed by atoms with van der Waals surface area (Å²) in [4.78, 5) is 12.6. The first-order valence-electron chi connectivity index (χ1n) is 8.99. The maximum atomic E-state index is 12.6. The minimum atomic E-state index is 0.0174. The Hall–Kier alpha value is -2.30. The number of hydrogen-bond acceptors (Lipinski definition) is 3. The van der Waals surface area contributed by atoms with Crippen molar-refractivity contribution < 1.29 is 9.53 Å². The van der Waals surface area contributed by atoms with E-state index in [4.69, 9.17) is 4.74 Å². The first-order chi connectivity index (χ1) is 12.0. The summed E-state index contributed by atoms with van der Waals surface area (Å²) < 4.78 is 7.69. The zero-order valence-corrected chi connectivity index (χ0v) is 15.5. The van der Waals surface area contributed by atoms with Crippen LogP contribution in [0.15, 0.2) is 24.3 Å². The average Bonchev–Trinajstić information content (AvgIpc) is 2.82. The van der Waals surface area contributed by atoms with Crippen LogP contribution in [0.5, 0.6) is 5.75 Å². The maximum Gasteiger partial charge on any atom is 0.225 e. The van der Waals surface area contributed by atoms with Crippen molar-refractivity contribution in [2.75, 3.05) is 6.61 Å². The van der Waals surface area contributed by atoms with Crippen LogP contribution in [0.1, 0.15) is 48.8 Å². The predicted molar refractivity (Wildman–Crippen MR) is 97.7 cm³/mol. The summed E-state index contributed by atoms with van der Waals surface area (Å²) in [6.45, 7) is 9.88. The number of aryl methyl sites for hydroxylation is 1. The van der Waals surface area contributed by atoms with Gasteiger partial charge >= 0.3 is 0 Å². The van der Waals surface area contributed by atoms with E-state index in [0.29, 0.717) is 18.9 Å². The fourth-order valence-corrected chi connectivity index (χ4v) is 3.41. The van der Waals surface area contributed by atoms with E-state index in [1.807, 2.05) is 35.9 Å². The van der Waals surface area contributed by atoms with Crippen molar-refractivity contribution in [1.82, 2.24) is 15.1 Å². The van der Waals surface area contributed by atoms with Gasteiger partial charge in [0.05, 0.1) is 24.8 Å². The Morgan fingerprint density at radius 3 is 2.88 bits per heavy atom. The molecule has 5 heteroatoms. The molecule has 5 nitrogen and oxygen atoms in total. The zero-order chi connectivity index (χ0) is 18.0. The summed E-state index contributed by atoms with van der Waals surface area (Å²) in [5.41, 5.74) is 4.14. The Labute approximate surface area is 149 Å². The molecule has 0 bridgehead atoms. The summed E-state index contributed by atoms with van der Waals surface area (Å²) in [5.74, 6) is 1.44. The molecular weight excluding hydrogens is 314 g/mol. The number of carbonyl (C=O) groups excluding carboxylic acids is 1. The second kappa shape index (κ2) is 7.30. The standard InChI is InChI=1S/C20H27N3O2/c1-13(2)12-23-15(4)17(14(3)22-23)11-20(24)21-18-9-10-25-19-8-6-5-7-16(18)19/h5-8,13,18H,9-12H2,1-4H3,(H,21,24). The summed E-state index contributed by atoms with van der Waals surface area (Å²) >= 11 is 0. The molecule has 1 N–H and O–H groups in total. The monoisotopic (exact) mass is 341 g/mol. The van der Waals surface area contributed by atoms with Crippen LogP contribution in [0, 0.1) is 19.8 Å². The molecule has 2 aromatic rings. The Morgan fingerprint density at radius 2 is 2.12 bits per heavy atom. The SMILES string of the molecule is Cc1nn(CC(C)C)c(C)c1CC(=O)NC1CCOc2ccccc21. The van der Waals surface area contributed by atoms with E-state index < -0.39 is 0 Å². The van der Waals surface area contributed by atoms with Crippen LogP contribution in [-0.4, -0.2) is 22.3 Å². The van der Waals surface area contributed by atoms with Gasteiger partial charge in [0, 0.05) is 29.8 Å². The van der Waals surface area contributed by atoms with Gasteiger partial charge in [0.15, 0.2) is 0 Å². The van der Waals surface area contributed by atoms with E-state index >= 15 is 0 Å². The van der Waals surface area contributed by atoms with Crippen molar-refractivity contribution in [2.24, 2.45) is 5.92 Å². The molecule has 3 rings (SSSR count). The van der Waals surface area contributed by atoms with E-state index in [2.05, 4.69) is 31.2 Å². The van der Waals surface area contributed by atoms with E-state index in [0.717, 1.165) is 41.2 Å². The van der Waals surface area contributed by atoms with Crippen LogP contribution < -0.4 is 10.1 Å². The van der Waals surface area contributed by atoms with E-state index in [1.54, 1.807) is 0 Å². The second-order valence-electron chi connectivity index (χ2n) is 7.20. The third kappa shape index (κ3) is 3.86. The quantitative estimate of drug-likeness (QED) is 0.907. The van der Waals surface area contributed by atoms with Gasteiger partial charge in [0.1, 0.15) is 5.75 Å². The van der Waals surface area contributed by atoms with Gasteiger partial charge in [-0.15, -0.1) is 0 Å². The number of fused-ring (bicyclic) bond motifs is 1. The Balaban J connectivity index is 1.71. The smallest absolute Gasteiger partial charge is 0.225 e. The maximum absolute atomic E-state index is 12.6. The third-order valence-electron chi connectivity index (χ3n) is 4.70. The molecule has 1 aliphatic heterocycles.